The second kappa shape index (κ2) is 24.8. The third-order valence-corrected chi connectivity index (χ3v) is 5.20. The molecular weight excluding hydrogens is 416 g/mol. The summed E-state index contributed by atoms with van der Waals surface area (Å²) in [7, 11) is 0. The average molecular weight is 465 g/mol. The number of hydrogen-bond acceptors (Lipinski definition) is 5. The van der Waals surface area contributed by atoms with Crippen molar-refractivity contribution in [1.82, 2.24) is 0 Å². The van der Waals surface area contributed by atoms with E-state index in [-0.39, 0.29) is 25.2 Å². The Morgan fingerprint density at radius 2 is 1.30 bits per heavy atom. The summed E-state index contributed by atoms with van der Waals surface area (Å²) in [6.07, 6.45) is 26.4. The molecule has 1 unspecified atom stereocenters. The van der Waals surface area contributed by atoms with E-state index < -0.39 is 6.10 Å². The first-order valence-electron chi connectivity index (χ1n) is 13.0. The summed E-state index contributed by atoms with van der Waals surface area (Å²) < 4.78 is 10.4. The molecule has 0 aromatic carbocycles. The van der Waals surface area contributed by atoms with Gasteiger partial charge in [0, 0.05) is 12.8 Å². The van der Waals surface area contributed by atoms with Crippen molar-refractivity contribution in [2.45, 2.75) is 116 Å². The number of aliphatic hydroxyl groups excluding tert-OH is 1. The smallest absolute Gasteiger partial charge is 0.306 e. The SMILES string of the molecule is CC/C=C\C/C=C\C/C=C\CCCCCC(=O)OC(CO)COC(=O)CCCCCCCC. The molecule has 5 nitrogen and oxygen atoms in total. The molecule has 0 amide bonds. The van der Waals surface area contributed by atoms with Gasteiger partial charge in [-0.25, -0.2) is 0 Å². The van der Waals surface area contributed by atoms with Gasteiger partial charge in [0.2, 0.25) is 0 Å². The topological polar surface area (TPSA) is 72.8 Å². The molecule has 0 saturated heterocycles. The third kappa shape index (κ3) is 23.1. The molecule has 0 aliphatic carbocycles. The molecule has 0 aliphatic heterocycles. The van der Waals surface area contributed by atoms with Crippen molar-refractivity contribution >= 4 is 11.9 Å². The first-order valence-corrected chi connectivity index (χ1v) is 13.0. The molecule has 1 atom stereocenters. The van der Waals surface area contributed by atoms with Crippen LogP contribution in [0.4, 0.5) is 0 Å². The van der Waals surface area contributed by atoms with Crippen molar-refractivity contribution in [1.29, 1.82) is 0 Å². The predicted molar refractivity (Wildman–Crippen MR) is 136 cm³/mol. The van der Waals surface area contributed by atoms with Crippen LogP contribution in [0.1, 0.15) is 110 Å². The predicted octanol–water partition coefficient (Wildman–Crippen LogP) is 6.99. The quantitative estimate of drug-likeness (QED) is 0.106. The molecule has 0 aliphatic rings. The zero-order chi connectivity index (χ0) is 24.4. The number of rotatable bonds is 22. The standard InChI is InChI=1S/C28H48O5/c1-3-5-7-9-11-12-13-14-15-16-17-19-21-23-28(31)33-26(24-29)25-32-27(30)22-20-18-10-8-6-4-2/h5,7,11-12,14-15,26,29H,3-4,6,8-10,13,16-25H2,1-2H3/b7-5-,12-11-,15-14-. The fourth-order valence-corrected chi connectivity index (χ4v) is 3.21. The van der Waals surface area contributed by atoms with E-state index in [2.05, 4.69) is 50.3 Å². The second-order valence-corrected chi connectivity index (χ2v) is 8.39. The Hall–Kier alpha value is -1.88. The van der Waals surface area contributed by atoms with Gasteiger partial charge in [-0.05, 0) is 44.9 Å². The highest BCUT2D eigenvalue weighted by Gasteiger charge is 2.15. The number of carbonyl (C=O) groups excluding carboxylic acids is 2. The van der Waals surface area contributed by atoms with Crippen LogP contribution in [-0.2, 0) is 19.1 Å². The van der Waals surface area contributed by atoms with E-state index in [1.807, 2.05) is 0 Å². The lowest BCUT2D eigenvalue weighted by Gasteiger charge is -2.15. The van der Waals surface area contributed by atoms with Gasteiger partial charge in [-0.2, -0.15) is 0 Å². The van der Waals surface area contributed by atoms with Gasteiger partial charge in [-0.3, -0.25) is 9.59 Å². The number of esters is 2. The van der Waals surface area contributed by atoms with Crippen molar-refractivity contribution in [3.63, 3.8) is 0 Å². The van der Waals surface area contributed by atoms with E-state index in [0.29, 0.717) is 12.8 Å². The summed E-state index contributed by atoms with van der Waals surface area (Å²) in [5.74, 6) is -0.643. The molecule has 1 N–H and O–H groups in total. The Morgan fingerprint density at radius 1 is 0.727 bits per heavy atom. The number of carbonyl (C=O) groups is 2. The van der Waals surface area contributed by atoms with Gasteiger partial charge in [0.25, 0.3) is 0 Å². The van der Waals surface area contributed by atoms with Crippen molar-refractivity contribution in [3.8, 4) is 0 Å². The van der Waals surface area contributed by atoms with Gasteiger partial charge in [-0.1, -0.05) is 88.8 Å². The van der Waals surface area contributed by atoms with Crippen LogP contribution in [0.15, 0.2) is 36.5 Å². The maximum Gasteiger partial charge on any atom is 0.306 e. The van der Waals surface area contributed by atoms with E-state index in [1.54, 1.807) is 0 Å². The highest BCUT2D eigenvalue weighted by Crippen LogP contribution is 2.09. The molecule has 0 rings (SSSR count). The Morgan fingerprint density at radius 3 is 1.97 bits per heavy atom. The number of unbranched alkanes of at least 4 members (excludes halogenated alkanes) is 8. The van der Waals surface area contributed by atoms with Gasteiger partial charge in [-0.15, -0.1) is 0 Å². The number of aliphatic hydroxyl groups is 1. The minimum Gasteiger partial charge on any atom is -0.462 e. The lowest BCUT2D eigenvalue weighted by atomic mass is 10.1. The molecule has 0 aromatic rings. The molecule has 0 aromatic heterocycles. The van der Waals surface area contributed by atoms with E-state index in [9.17, 15) is 14.7 Å². The summed E-state index contributed by atoms with van der Waals surface area (Å²) in [6.45, 7) is 3.89. The number of ether oxygens (including phenoxy) is 2. The van der Waals surface area contributed by atoms with E-state index in [0.717, 1.165) is 64.2 Å². The molecule has 190 valence electrons. The molecule has 0 fully saturated rings. The Balaban J connectivity index is 3.71. The average Bonchev–Trinajstić information content (AvgIpc) is 2.81. The Kier molecular flexibility index (Phi) is 23.3. The van der Waals surface area contributed by atoms with Gasteiger partial charge in [0.1, 0.15) is 6.61 Å². The molecule has 0 heterocycles. The second-order valence-electron chi connectivity index (χ2n) is 8.39. The monoisotopic (exact) mass is 464 g/mol. The highest BCUT2D eigenvalue weighted by molar-refractivity contribution is 5.70. The van der Waals surface area contributed by atoms with Gasteiger partial charge in [0.15, 0.2) is 6.10 Å². The molecule has 33 heavy (non-hydrogen) atoms. The van der Waals surface area contributed by atoms with Crippen LogP contribution in [0.3, 0.4) is 0 Å². The summed E-state index contributed by atoms with van der Waals surface area (Å²) in [4.78, 5) is 23.7. The van der Waals surface area contributed by atoms with E-state index in [1.165, 1.54) is 19.3 Å². The van der Waals surface area contributed by atoms with Crippen LogP contribution in [-0.4, -0.2) is 36.4 Å². The van der Waals surface area contributed by atoms with Crippen LogP contribution in [0.2, 0.25) is 0 Å². The fourth-order valence-electron chi connectivity index (χ4n) is 3.21. The molecular formula is C28H48O5. The fraction of sp³-hybridized carbons (Fsp3) is 0.714. The minimum atomic E-state index is -0.778. The maximum absolute atomic E-state index is 12.0. The zero-order valence-corrected chi connectivity index (χ0v) is 21.1. The number of hydrogen-bond donors (Lipinski definition) is 1. The normalized spacial score (nSPS) is 12.7. The van der Waals surface area contributed by atoms with Gasteiger partial charge >= 0.3 is 11.9 Å². The maximum atomic E-state index is 12.0. The zero-order valence-electron chi connectivity index (χ0n) is 21.1. The number of allylic oxidation sites excluding steroid dienone is 6. The minimum absolute atomic E-state index is 0.0783. The van der Waals surface area contributed by atoms with Gasteiger partial charge < -0.3 is 14.6 Å². The molecule has 0 saturated carbocycles. The highest BCUT2D eigenvalue weighted by atomic mass is 16.6. The van der Waals surface area contributed by atoms with Crippen molar-refractivity contribution in [2.75, 3.05) is 13.2 Å². The van der Waals surface area contributed by atoms with Gasteiger partial charge in [0.05, 0.1) is 6.61 Å². The Labute approximate surface area is 202 Å². The van der Waals surface area contributed by atoms with E-state index in [4.69, 9.17) is 9.47 Å². The summed E-state index contributed by atoms with van der Waals surface area (Å²) in [5, 5.41) is 9.38. The summed E-state index contributed by atoms with van der Waals surface area (Å²) in [6, 6.07) is 0. The summed E-state index contributed by atoms with van der Waals surface area (Å²) >= 11 is 0. The van der Waals surface area contributed by atoms with Crippen LogP contribution in [0, 0.1) is 0 Å². The first-order chi connectivity index (χ1) is 16.1. The van der Waals surface area contributed by atoms with Crippen LogP contribution in [0.25, 0.3) is 0 Å². The molecule has 0 bridgehead atoms. The van der Waals surface area contributed by atoms with Crippen LogP contribution in [0.5, 0.6) is 0 Å². The van der Waals surface area contributed by atoms with Crippen molar-refractivity contribution in [3.05, 3.63) is 36.5 Å². The van der Waals surface area contributed by atoms with Crippen molar-refractivity contribution < 1.29 is 24.2 Å². The lowest BCUT2D eigenvalue weighted by molar-refractivity contribution is -0.161. The summed E-state index contributed by atoms with van der Waals surface area (Å²) in [5.41, 5.74) is 0. The molecule has 5 heteroatoms. The largest absolute Gasteiger partial charge is 0.462 e. The van der Waals surface area contributed by atoms with Crippen molar-refractivity contribution in [2.24, 2.45) is 0 Å². The molecule has 0 radical (unpaired) electrons. The van der Waals surface area contributed by atoms with Crippen LogP contribution < -0.4 is 0 Å². The van der Waals surface area contributed by atoms with E-state index >= 15 is 0 Å². The Bertz CT molecular complexity index is 550. The first kappa shape index (κ1) is 31.1. The van der Waals surface area contributed by atoms with Crippen LogP contribution >= 0.6 is 0 Å². The third-order valence-electron chi connectivity index (χ3n) is 5.20. The molecule has 0 spiro atoms. The lowest BCUT2D eigenvalue weighted by Crippen LogP contribution is -2.28.